The van der Waals surface area contributed by atoms with Crippen molar-refractivity contribution in [3.05, 3.63) is 113 Å². The third kappa shape index (κ3) is 5.18. The van der Waals surface area contributed by atoms with Crippen LogP contribution in [0.15, 0.2) is 90.5 Å². The van der Waals surface area contributed by atoms with E-state index in [2.05, 4.69) is 118 Å². The third-order valence-corrected chi connectivity index (χ3v) is 8.56. The Balaban J connectivity index is 0.000000167. The zero-order valence-corrected chi connectivity index (χ0v) is 24.5. The van der Waals surface area contributed by atoms with E-state index in [0.29, 0.717) is 0 Å². The first-order valence-corrected chi connectivity index (χ1v) is 15.5. The Morgan fingerprint density at radius 2 is 1.33 bits per heavy atom. The smallest absolute Gasteiger partial charge is 0.165 e. The molecule has 0 radical (unpaired) electrons. The molecule has 0 aromatic heterocycles. The molecule has 0 heterocycles. The summed E-state index contributed by atoms with van der Waals surface area (Å²) in [5, 5.41) is 9.78. The largest absolute Gasteiger partial charge is 2.00 e. The third-order valence-electron chi connectivity index (χ3n) is 6.99. The van der Waals surface area contributed by atoms with Crippen LogP contribution in [0, 0.1) is 6.08 Å². The van der Waals surface area contributed by atoms with Gasteiger partial charge >= 0.3 is 23.1 Å². The van der Waals surface area contributed by atoms with E-state index in [1.807, 2.05) is 0 Å². The van der Waals surface area contributed by atoms with Crippen LogP contribution < -0.4 is 0 Å². The van der Waals surface area contributed by atoms with Crippen LogP contribution in [0.1, 0.15) is 49.8 Å². The molecule has 1 aliphatic rings. The van der Waals surface area contributed by atoms with E-state index >= 15 is 0 Å². The van der Waals surface area contributed by atoms with Gasteiger partial charge in [0, 0.05) is 0 Å². The minimum atomic E-state index is -0.445. The van der Waals surface area contributed by atoms with Crippen molar-refractivity contribution in [2.45, 2.75) is 52.6 Å². The summed E-state index contributed by atoms with van der Waals surface area (Å²) in [6, 6.07) is 31.0. The van der Waals surface area contributed by atoms with Crippen LogP contribution in [0.3, 0.4) is 0 Å². The molecular formula is C34H34MgSi. The Hall–Kier alpha value is -2.40. The fraction of sp³-hybridized carbons (Fsp3) is 0.235. The Morgan fingerprint density at radius 1 is 0.722 bits per heavy atom. The van der Waals surface area contributed by atoms with E-state index in [4.69, 9.17) is 0 Å². The molecule has 6 rings (SSSR count). The van der Waals surface area contributed by atoms with Crippen LogP contribution in [-0.2, 0) is 6.42 Å². The van der Waals surface area contributed by atoms with Crippen molar-refractivity contribution in [2.75, 3.05) is 0 Å². The SMILES string of the molecule is CCCC1=[C-]c2c(ccc3ccccc23)C1=[Si](C)C.CCCc1cc2ccc3ccccc3c2[cH-]1.[Mg+2]. The first-order chi connectivity index (χ1) is 17.1. The van der Waals surface area contributed by atoms with E-state index in [0.717, 1.165) is 6.42 Å². The van der Waals surface area contributed by atoms with Crippen molar-refractivity contribution in [1.29, 1.82) is 0 Å². The van der Waals surface area contributed by atoms with Crippen molar-refractivity contribution in [3.63, 3.8) is 0 Å². The summed E-state index contributed by atoms with van der Waals surface area (Å²) in [6.45, 7) is 9.27. The maximum Gasteiger partial charge on any atom is 2.00 e. The molecular weight excluding hydrogens is 461 g/mol. The second-order valence-corrected chi connectivity index (χ2v) is 12.3. The molecule has 0 nitrogen and oxygen atoms in total. The van der Waals surface area contributed by atoms with Crippen LogP contribution in [0.25, 0.3) is 32.3 Å². The molecule has 0 saturated carbocycles. The summed E-state index contributed by atoms with van der Waals surface area (Å²) in [6.07, 6.45) is 8.48. The zero-order valence-electron chi connectivity index (χ0n) is 22.1. The van der Waals surface area contributed by atoms with E-state index in [1.54, 1.807) is 5.17 Å². The number of fused-ring (bicyclic) bond motifs is 6. The van der Waals surface area contributed by atoms with Crippen LogP contribution in [0.2, 0.25) is 13.1 Å². The number of benzene rings is 4. The Bertz CT molecular complexity index is 1580. The molecule has 176 valence electrons. The average molecular weight is 495 g/mol. The molecule has 0 atom stereocenters. The normalized spacial score (nSPS) is 12.2. The fourth-order valence-corrected chi connectivity index (χ4v) is 7.00. The van der Waals surface area contributed by atoms with Crippen molar-refractivity contribution < 1.29 is 0 Å². The van der Waals surface area contributed by atoms with Gasteiger partial charge in [-0.25, -0.2) is 0 Å². The minimum Gasteiger partial charge on any atom is -0.165 e. The molecule has 5 aromatic rings. The molecule has 0 saturated heterocycles. The second-order valence-electron chi connectivity index (χ2n) is 9.84. The van der Waals surface area contributed by atoms with Gasteiger partial charge in [-0.15, -0.1) is 62.5 Å². The molecule has 0 N–H and O–H groups in total. The van der Waals surface area contributed by atoms with Gasteiger partial charge in [-0.3, -0.25) is 0 Å². The van der Waals surface area contributed by atoms with Gasteiger partial charge in [-0.2, -0.15) is 6.07 Å². The summed E-state index contributed by atoms with van der Waals surface area (Å²) >= 11 is 0. The molecule has 0 spiro atoms. The van der Waals surface area contributed by atoms with E-state index in [9.17, 15) is 0 Å². The van der Waals surface area contributed by atoms with E-state index in [1.165, 1.54) is 73.8 Å². The van der Waals surface area contributed by atoms with Crippen LogP contribution in [0.4, 0.5) is 0 Å². The van der Waals surface area contributed by atoms with E-state index in [-0.39, 0.29) is 23.1 Å². The van der Waals surface area contributed by atoms with Crippen molar-refractivity contribution >= 4 is 68.9 Å². The maximum absolute atomic E-state index is 3.71. The van der Waals surface area contributed by atoms with Gasteiger partial charge in [-0.05, 0) is 21.3 Å². The number of allylic oxidation sites excluding steroid dienone is 1. The van der Waals surface area contributed by atoms with Gasteiger partial charge in [-0.1, -0.05) is 122 Å². The topological polar surface area (TPSA) is 0 Å². The molecule has 1 aliphatic carbocycles. The quantitative estimate of drug-likeness (QED) is 0.173. The van der Waals surface area contributed by atoms with Crippen molar-refractivity contribution in [3.8, 4) is 0 Å². The van der Waals surface area contributed by atoms with Crippen molar-refractivity contribution in [2.24, 2.45) is 0 Å². The minimum absolute atomic E-state index is 0. The molecule has 0 aliphatic heterocycles. The molecule has 0 fully saturated rings. The molecule has 36 heavy (non-hydrogen) atoms. The summed E-state index contributed by atoms with van der Waals surface area (Å²) < 4.78 is 0. The fourth-order valence-electron chi connectivity index (χ4n) is 5.46. The predicted molar refractivity (Wildman–Crippen MR) is 163 cm³/mol. The average Bonchev–Trinajstić information content (AvgIpc) is 3.46. The second kappa shape index (κ2) is 11.8. The van der Waals surface area contributed by atoms with Gasteiger partial charge in [0.2, 0.25) is 0 Å². The zero-order chi connectivity index (χ0) is 24.4. The summed E-state index contributed by atoms with van der Waals surface area (Å²) in [4.78, 5) is 0. The van der Waals surface area contributed by atoms with Gasteiger partial charge in [0.15, 0.2) is 0 Å². The van der Waals surface area contributed by atoms with Gasteiger partial charge in [0.25, 0.3) is 0 Å². The number of hydrogen-bond donors (Lipinski definition) is 0. The summed E-state index contributed by atoms with van der Waals surface area (Å²) in [5.41, 5.74) is 5.71. The molecule has 0 bridgehead atoms. The van der Waals surface area contributed by atoms with Crippen molar-refractivity contribution in [1.82, 2.24) is 0 Å². The summed E-state index contributed by atoms with van der Waals surface area (Å²) in [5.74, 6) is 0. The Labute approximate surface area is 233 Å². The maximum atomic E-state index is 3.71. The van der Waals surface area contributed by atoms with Gasteiger partial charge in [0.05, 0.1) is 0 Å². The number of aryl methyl sites for hydroxylation is 1. The van der Waals surface area contributed by atoms with Gasteiger partial charge in [0.1, 0.15) is 0 Å². The van der Waals surface area contributed by atoms with Gasteiger partial charge < -0.3 is 0 Å². The standard InChI is InChI=1S/C18H19Si.C16H15.Mg/c1-4-7-14-12-17-15-9-6-5-8-13(15)10-11-16(17)18(14)19(2)3;1-2-5-12-10-14-9-8-13-6-3-4-7-15(13)16(14)11-12;/h5-6,8-11H,4,7H2,1-3H3;3-4,6-11H,2,5H2,1H3;/q2*-1;+2. The number of rotatable bonds is 4. The van der Waals surface area contributed by atoms with Crippen LogP contribution >= 0.6 is 0 Å². The Morgan fingerprint density at radius 3 is 2.03 bits per heavy atom. The monoisotopic (exact) mass is 494 g/mol. The Kier molecular flexibility index (Phi) is 8.71. The first kappa shape index (κ1) is 26.7. The predicted octanol–water partition coefficient (Wildman–Crippen LogP) is 8.87. The van der Waals surface area contributed by atoms with Crippen LogP contribution in [0.5, 0.6) is 0 Å². The van der Waals surface area contributed by atoms with E-state index < -0.39 is 8.41 Å². The number of hydrogen-bond acceptors (Lipinski definition) is 0. The molecule has 2 heteroatoms. The molecule has 5 aromatic carbocycles. The molecule has 0 amide bonds. The van der Waals surface area contributed by atoms with Crippen LogP contribution in [-0.4, -0.2) is 36.6 Å². The molecule has 0 unspecified atom stereocenters. The summed E-state index contributed by atoms with van der Waals surface area (Å²) in [7, 11) is -0.445. The first-order valence-electron chi connectivity index (χ1n) is 13.0.